The SMILES string of the molecule is CC(C)(C)c1ccc(C(=O)SCCOP(=O)(COCCn2cnc3c(=O)[nH]c(N)nc32)OCc2cccc(Br)c2)cc1. The van der Waals surface area contributed by atoms with E-state index >= 15 is 0 Å². The van der Waals surface area contributed by atoms with E-state index in [-0.39, 0.29) is 60.5 Å². The number of nitrogen functional groups attached to an aromatic ring is 1. The summed E-state index contributed by atoms with van der Waals surface area (Å²) in [5.41, 5.74) is 8.23. The van der Waals surface area contributed by atoms with E-state index in [1.54, 1.807) is 4.57 Å². The van der Waals surface area contributed by atoms with Crippen LogP contribution in [0.25, 0.3) is 11.2 Å². The van der Waals surface area contributed by atoms with Gasteiger partial charge in [0.25, 0.3) is 5.56 Å². The van der Waals surface area contributed by atoms with E-state index in [0.29, 0.717) is 11.2 Å². The largest absolute Gasteiger partial charge is 0.369 e. The lowest BCUT2D eigenvalue weighted by Crippen LogP contribution is -2.13. The van der Waals surface area contributed by atoms with Crippen molar-refractivity contribution in [2.24, 2.45) is 0 Å². The molecule has 14 heteroatoms. The Morgan fingerprint density at radius 2 is 1.90 bits per heavy atom. The molecule has 0 bridgehead atoms. The molecule has 1 atom stereocenters. The maximum atomic E-state index is 13.6. The summed E-state index contributed by atoms with van der Waals surface area (Å²) in [6.45, 7) is 6.81. The third-order valence-corrected chi connectivity index (χ3v) is 9.09. The first kappa shape index (κ1) is 32.1. The van der Waals surface area contributed by atoms with Gasteiger partial charge in [0.15, 0.2) is 11.2 Å². The molecule has 0 spiro atoms. The number of H-pyrrole nitrogens is 1. The Kier molecular flexibility index (Phi) is 10.8. The van der Waals surface area contributed by atoms with Crippen molar-refractivity contribution in [1.29, 1.82) is 0 Å². The second kappa shape index (κ2) is 14.1. The number of aromatic nitrogens is 4. The fourth-order valence-corrected chi connectivity index (χ4v) is 6.40. The van der Waals surface area contributed by atoms with Crippen molar-refractivity contribution in [1.82, 2.24) is 19.5 Å². The van der Waals surface area contributed by atoms with Gasteiger partial charge in [-0.05, 0) is 28.7 Å². The molecule has 3 N–H and O–H groups in total. The molecule has 2 aromatic carbocycles. The zero-order valence-corrected chi connectivity index (χ0v) is 26.8. The number of fused-ring (bicyclic) bond motifs is 1. The number of imidazole rings is 1. The Labute approximate surface area is 256 Å². The third-order valence-electron chi connectivity index (χ3n) is 6.13. The quantitative estimate of drug-likeness (QED) is 0.132. The minimum atomic E-state index is -3.70. The normalized spacial score (nSPS) is 13.3. The zero-order chi connectivity index (χ0) is 30.3. The smallest absolute Gasteiger partial charge is 0.356 e. The van der Waals surface area contributed by atoms with Gasteiger partial charge in [-0.25, -0.2) is 4.98 Å². The van der Waals surface area contributed by atoms with Crippen molar-refractivity contribution in [3.63, 3.8) is 0 Å². The number of carbonyl (C=O) groups is 1. The number of nitrogens with one attached hydrogen (secondary N) is 1. The number of hydrogen-bond donors (Lipinski definition) is 2. The topological polar surface area (TPSA) is 151 Å². The number of halogens is 1. The van der Waals surface area contributed by atoms with Gasteiger partial charge in [-0.2, -0.15) is 4.98 Å². The maximum Gasteiger partial charge on any atom is 0.356 e. The molecular formula is C28H33BrN5O6PS. The predicted molar refractivity (Wildman–Crippen MR) is 168 cm³/mol. The predicted octanol–water partition coefficient (Wildman–Crippen LogP) is 5.74. The van der Waals surface area contributed by atoms with Gasteiger partial charge in [0, 0.05) is 22.3 Å². The molecule has 0 aliphatic heterocycles. The van der Waals surface area contributed by atoms with E-state index in [0.717, 1.165) is 27.4 Å². The highest BCUT2D eigenvalue weighted by Gasteiger charge is 2.26. The van der Waals surface area contributed by atoms with Crippen molar-refractivity contribution in [2.45, 2.75) is 39.3 Å². The first-order valence-corrected chi connectivity index (χ1v) is 16.6. The van der Waals surface area contributed by atoms with Crippen LogP contribution in [0.4, 0.5) is 5.95 Å². The lowest BCUT2D eigenvalue weighted by molar-refractivity contribution is 0.108. The monoisotopic (exact) mass is 677 g/mol. The van der Waals surface area contributed by atoms with Crippen molar-refractivity contribution in [3.8, 4) is 0 Å². The van der Waals surface area contributed by atoms with Gasteiger partial charge in [-0.3, -0.25) is 19.1 Å². The number of nitrogens with two attached hydrogens (primary N) is 1. The van der Waals surface area contributed by atoms with E-state index in [1.807, 2.05) is 48.5 Å². The average molecular weight is 679 g/mol. The third kappa shape index (κ3) is 8.85. The number of benzene rings is 2. The van der Waals surface area contributed by atoms with E-state index < -0.39 is 13.2 Å². The molecule has 0 fully saturated rings. The molecule has 224 valence electrons. The summed E-state index contributed by atoms with van der Waals surface area (Å²) in [5, 5.41) is -0.0964. The second-order valence-electron chi connectivity index (χ2n) is 10.4. The molecule has 2 aromatic heterocycles. The summed E-state index contributed by atoms with van der Waals surface area (Å²) in [4.78, 5) is 35.3. The number of hydrogen-bond acceptors (Lipinski definition) is 10. The van der Waals surface area contributed by atoms with Crippen molar-refractivity contribution >= 4 is 57.5 Å². The van der Waals surface area contributed by atoms with E-state index in [4.69, 9.17) is 19.5 Å². The Balaban J connectivity index is 1.33. The first-order valence-electron chi connectivity index (χ1n) is 13.1. The molecule has 1 unspecified atom stereocenters. The van der Waals surface area contributed by atoms with Crippen LogP contribution in [-0.2, 0) is 36.9 Å². The number of aromatic amines is 1. The molecule has 11 nitrogen and oxygen atoms in total. The van der Waals surface area contributed by atoms with Crippen LogP contribution in [0.1, 0.15) is 42.3 Å². The summed E-state index contributed by atoms with van der Waals surface area (Å²) in [6, 6.07) is 15.0. The molecule has 42 heavy (non-hydrogen) atoms. The molecule has 0 aliphatic carbocycles. The maximum absolute atomic E-state index is 13.6. The fourth-order valence-electron chi connectivity index (χ4n) is 3.89. The van der Waals surface area contributed by atoms with E-state index in [2.05, 4.69) is 51.7 Å². The van der Waals surface area contributed by atoms with E-state index in [1.165, 1.54) is 6.33 Å². The first-order chi connectivity index (χ1) is 19.9. The Hall–Kier alpha value is -2.80. The van der Waals surface area contributed by atoms with Crippen LogP contribution in [0.15, 0.2) is 64.1 Å². The Morgan fingerprint density at radius 3 is 2.62 bits per heavy atom. The molecular weight excluding hydrogens is 645 g/mol. The van der Waals surface area contributed by atoms with Crippen LogP contribution in [0.5, 0.6) is 0 Å². The highest BCUT2D eigenvalue weighted by Crippen LogP contribution is 2.49. The van der Waals surface area contributed by atoms with Crippen LogP contribution >= 0.6 is 35.3 Å². The average Bonchev–Trinajstić information content (AvgIpc) is 3.35. The van der Waals surface area contributed by atoms with Gasteiger partial charge in [0.1, 0.15) is 6.35 Å². The summed E-state index contributed by atoms with van der Waals surface area (Å²) in [7, 11) is -3.70. The number of nitrogens with zero attached hydrogens (tertiary/aromatic N) is 3. The molecule has 0 amide bonds. The molecule has 2 heterocycles. The molecule has 0 saturated carbocycles. The van der Waals surface area contributed by atoms with Gasteiger partial charge in [-0.15, -0.1) is 0 Å². The zero-order valence-electron chi connectivity index (χ0n) is 23.5. The number of ether oxygens (including phenoxy) is 1. The van der Waals surface area contributed by atoms with Crippen LogP contribution in [0, 0.1) is 0 Å². The lowest BCUT2D eigenvalue weighted by atomic mass is 9.87. The molecule has 4 rings (SSSR count). The highest BCUT2D eigenvalue weighted by molar-refractivity contribution is 9.10. The van der Waals surface area contributed by atoms with Crippen LogP contribution in [0.3, 0.4) is 0 Å². The second-order valence-corrected chi connectivity index (χ2v) is 14.4. The summed E-state index contributed by atoms with van der Waals surface area (Å²) >= 11 is 4.51. The highest BCUT2D eigenvalue weighted by atomic mass is 79.9. The Morgan fingerprint density at radius 1 is 1.14 bits per heavy atom. The summed E-state index contributed by atoms with van der Waals surface area (Å²) < 4.78 is 33.2. The molecule has 0 aliphatic rings. The lowest BCUT2D eigenvalue weighted by Gasteiger charge is -2.19. The summed E-state index contributed by atoms with van der Waals surface area (Å²) in [5.74, 6) is 0.263. The van der Waals surface area contributed by atoms with Gasteiger partial charge in [0.05, 0.1) is 26.1 Å². The van der Waals surface area contributed by atoms with Gasteiger partial charge in [0.2, 0.25) is 11.1 Å². The number of anilines is 1. The number of thioether (sulfide) groups is 1. The van der Waals surface area contributed by atoms with Crippen LogP contribution < -0.4 is 11.3 Å². The molecule has 4 aromatic rings. The van der Waals surface area contributed by atoms with Crippen molar-refractivity contribution in [2.75, 3.05) is 31.0 Å². The van der Waals surface area contributed by atoms with E-state index in [9.17, 15) is 14.2 Å². The fraction of sp³-hybridized carbons (Fsp3) is 0.357. The van der Waals surface area contributed by atoms with Crippen LogP contribution in [0.2, 0.25) is 0 Å². The van der Waals surface area contributed by atoms with Crippen LogP contribution in [-0.4, -0.2) is 49.9 Å². The Bertz CT molecular complexity index is 1640. The number of carbonyl (C=O) groups excluding carboxylic acids is 1. The molecule has 0 saturated heterocycles. The standard InChI is InChI=1S/C28H33BrN5O6PS/c1-28(2,3)21-9-7-20(8-10-21)26(36)42-14-13-39-41(37,40-16-19-5-4-6-22(29)15-19)18-38-12-11-34-17-31-23-24(34)32-27(30)33-25(23)35/h4-10,15,17H,11-14,16,18H2,1-3H3,(H3,30,32,33,35). The molecule has 0 radical (unpaired) electrons. The minimum absolute atomic E-state index is 0.00174. The van der Waals surface area contributed by atoms with Gasteiger partial charge >= 0.3 is 7.60 Å². The summed E-state index contributed by atoms with van der Waals surface area (Å²) in [6.07, 6.45) is 1.15. The number of rotatable bonds is 13. The van der Waals surface area contributed by atoms with Crippen molar-refractivity contribution < 1.29 is 23.1 Å². The van der Waals surface area contributed by atoms with Crippen molar-refractivity contribution in [3.05, 3.63) is 86.4 Å². The van der Waals surface area contributed by atoms with Gasteiger partial charge in [-0.1, -0.05) is 84.9 Å². The minimum Gasteiger partial charge on any atom is -0.369 e. The van der Waals surface area contributed by atoms with Gasteiger partial charge < -0.3 is 24.1 Å².